The first-order chi connectivity index (χ1) is 17.9. The maximum Gasteiger partial charge on any atom is 0.329 e. The van der Waals surface area contributed by atoms with Crippen LogP contribution in [-0.4, -0.2) is 21.3 Å². The molecule has 3 aromatic carbocycles. The number of nitrogens with zero attached hydrogens (tertiary/aromatic N) is 1. The molecule has 2 heterocycles. The van der Waals surface area contributed by atoms with Gasteiger partial charge in [0.2, 0.25) is 0 Å². The van der Waals surface area contributed by atoms with E-state index in [0.717, 1.165) is 11.1 Å². The van der Waals surface area contributed by atoms with Gasteiger partial charge in [0.25, 0.3) is 5.56 Å². The van der Waals surface area contributed by atoms with E-state index in [2.05, 4.69) is 10.3 Å². The molecule has 0 saturated carbocycles. The molecule has 0 bridgehead atoms. The van der Waals surface area contributed by atoms with Crippen molar-refractivity contribution in [1.29, 1.82) is 0 Å². The van der Waals surface area contributed by atoms with Crippen molar-refractivity contribution in [1.82, 2.24) is 9.55 Å². The van der Waals surface area contributed by atoms with Crippen molar-refractivity contribution in [2.75, 3.05) is 5.32 Å². The molecule has 8 heteroatoms. The molecule has 0 spiro atoms. The van der Waals surface area contributed by atoms with Crippen LogP contribution in [0.1, 0.15) is 38.5 Å². The highest BCUT2D eigenvalue weighted by molar-refractivity contribution is 6.23. The Bertz CT molecular complexity index is 1730. The van der Waals surface area contributed by atoms with Gasteiger partial charge in [0.05, 0.1) is 17.7 Å². The molecule has 1 unspecified atom stereocenters. The van der Waals surface area contributed by atoms with Gasteiger partial charge in [-0.3, -0.25) is 23.9 Å². The van der Waals surface area contributed by atoms with Gasteiger partial charge in [-0.15, -0.1) is 0 Å². The van der Waals surface area contributed by atoms with E-state index in [4.69, 9.17) is 4.74 Å². The fraction of sp³-hybridized carbons (Fsp3) is 0.103. The molecule has 0 saturated heterocycles. The Hall–Kier alpha value is -4.98. The first-order valence-electron chi connectivity index (χ1n) is 11.8. The number of aromatic nitrogens is 2. The van der Waals surface area contributed by atoms with Crippen LogP contribution in [0, 0.1) is 0 Å². The van der Waals surface area contributed by atoms with Crippen LogP contribution in [0.25, 0.3) is 5.70 Å². The second-order valence-corrected chi connectivity index (χ2v) is 9.01. The topological polar surface area (TPSA) is 110 Å². The number of hydrogen-bond acceptors (Lipinski definition) is 6. The van der Waals surface area contributed by atoms with Crippen LogP contribution in [0.4, 0.5) is 5.82 Å². The first kappa shape index (κ1) is 22.5. The number of anilines is 1. The molecule has 2 N–H and O–H groups in total. The summed E-state index contributed by atoms with van der Waals surface area (Å²) in [6.07, 6.45) is 0.136. The summed E-state index contributed by atoms with van der Waals surface area (Å²) in [6.45, 7) is 0. The van der Waals surface area contributed by atoms with Crippen LogP contribution < -0.4 is 21.3 Å². The van der Waals surface area contributed by atoms with Crippen LogP contribution in [0.5, 0.6) is 5.75 Å². The zero-order chi connectivity index (χ0) is 25.7. The summed E-state index contributed by atoms with van der Waals surface area (Å²) in [5.74, 6) is -0.621. The minimum Gasteiger partial charge on any atom is -0.426 e. The highest BCUT2D eigenvalue weighted by Crippen LogP contribution is 2.47. The number of aromatic amines is 1. The third-order valence-corrected chi connectivity index (χ3v) is 6.77. The van der Waals surface area contributed by atoms with Crippen molar-refractivity contribution in [2.24, 2.45) is 7.05 Å². The summed E-state index contributed by atoms with van der Waals surface area (Å²) in [6, 6.07) is 23.3. The number of rotatable bonds is 4. The largest absolute Gasteiger partial charge is 0.426 e. The predicted molar refractivity (Wildman–Crippen MR) is 138 cm³/mol. The number of H-pyrrole nitrogens is 1. The number of hydrogen-bond donors (Lipinski definition) is 2. The highest BCUT2D eigenvalue weighted by atomic mass is 16.5. The van der Waals surface area contributed by atoms with Crippen LogP contribution in [0.15, 0.2) is 94.0 Å². The number of ether oxygens (including phenoxy) is 1. The summed E-state index contributed by atoms with van der Waals surface area (Å²) in [4.78, 5) is 53.7. The van der Waals surface area contributed by atoms with Crippen LogP contribution in [-0.2, 0) is 18.3 Å². The Morgan fingerprint density at radius 3 is 2.30 bits per heavy atom. The third-order valence-electron chi connectivity index (χ3n) is 6.77. The summed E-state index contributed by atoms with van der Waals surface area (Å²) in [5.41, 5.74) is 2.92. The average Bonchev–Trinajstić information content (AvgIpc) is 3.19. The van der Waals surface area contributed by atoms with E-state index in [9.17, 15) is 19.2 Å². The Balaban J connectivity index is 1.40. The Labute approximate surface area is 210 Å². The SMILES string of the molecule is Cn1c2c(c(=O)[nH]c1=O)C(c1ccc(OC(=O)Cc3ccccc3)cc1)C1=C(N2)c2ccccc2C1=O. The van der Waals surface area contributed by atoms with Gasteiger partial charge in [0.1, 0.15) is 11.6 Å². The van der Waals surface area contributed by atoms with Crippen molar-refractivity contribution < 1.29 is 14.3 Å². The maximum absolute atomic E-state index is 13.5. The quantitative estimate of drug-likeness (QED) is 0.335. The molecule has 182 valence electrons. The van der Waals surface area contributed by atoms with Gasteiger partial charge >= 0.3 is 11.7 Å². The number of esters is 1. The fourth-order valence-electron chi connectivity index (χ4n) is 5.02. The van der Waals surface area contributed by atoms with E-state index < -0.39 is 23.1 Å². The van der Waals surface area contributed by atoms with Crippen molar-refractivity contribution >= 4 is 23.3 Å². The minimum atomic E-state index is -0.726. The fourth-order valence-corrected chi connectivity index (χ4v) is 5.02. The van der Waals surface area contributed by atoms with Gasteiger partial charge in [0, 0.05) is 29.7 Å². The van der Waals surface area contributed by atoms with Gasteiger partial charge < -0.3 is 10.1 Å². The lowest BCUT2D eigenvalue weighted by Gasteiger charge is -2.29. The Morgan fingerprint density at radius 1 is 0.892 bits per heavy atom. The Morgan fingerprint density at radius 2 is 1.57 bits per heavy atom. The summed E-state index contributed by atoms with van der Waals surface area (Å²) in [5, 5.41) is 3.19. The molecule has 1 aromatic heterocycles. The molecule has 4 aromatic rings. The van der Waals surface area contributed by atoms with E-state index in [-0.39, 0.29) is 17.8 Å². The first-order valence-corrected chi connectivity index (χ1v) is 11.8. The van der Waals surface area contributed by atoms with Crippen LogP contribution in [0.3, 0.4) is 0 Å². The number of nitrogens with one attached hydrogen (secondary N) is 2. The third kappa shape index (κ3) is 3.70. The lowest BCUT2D eigenvalue weighted by Crippen LogP contribution is -2.37. The predicted octanol–water partition coefficient (Wildman–Crippen LogP) is 3.39. The lowest BCUT2D eigenvalue weighted by atomic mass is 9.81. The monoisotopic (exact) mass is 491 g/mol. The summed E-state index contributed by atoms with van der Waals surface area (Å²) in [7, 11) is 1.56. The summed E-state index contributed by atoms with van der Waals surface area (Å²) >= 11 is 0. The number of benzene rings is 3. The van der Waals surface area contributed by atoms with Crippen molar-refractivity contribution in [3.8, 4) is 5.75 Å². The number of Topliss-reactive ketones (excluding diaryl/α,β-unsaturated/α-hetero) is 1. The van der Waals surface area contributed by atoms with Crippen molar-refractivity contribution in [2.45, 2.75) is 12.3 Å². The minimum absolute atomic E-state index is 0.136. The van der Waals surface area contributed by atoms with E-state index in [1.165, 1.54) is 4.57 Å². The normalized spacial score (nSPS) is 15.5. The molecular formula is C29H21N3O5. The second kappa shape index (κ2) is 8.60. The van der Waals surface area contributed by atoms with E-state index in [1.54, 1.807) is 43.4 Å². The number of allylic oxidation sites excluding steroid dienone is 1. The van der Waals surface area contributed by atoms with Gasteiger partial charge in [-0.2, -0.15) is 0 Å². The molecule has 0 fully saturated rings. The molecule has 2 aliphatic rings. The zero-order valence-electron chi connectivity index (χ0n) is 19.8. The smallest absolute Gasteiger partial charge is 0.329 e. The number of carbonyl (C=O) groups is 2. The molecule has 37 heavy (non-hydrogen) atoms. The molecule has 1 atom stereocenters. The average molecular weight is 492 g/mol. The maximum atomic E-state index is 13.5. The molecular weight excluding hydrogens is 470 g/mol. The molecule has 1 aliphatic carbocycles. The van der Waals surface area contributed by atoms with E-state index in [1.807, 2.05) is 42.5 Å². The van der Waals surface area contributed by atoms with Gasteiger partial charge in [-0.25, -0.2) is 4.79 Å². The molecule has 8 nitrogen and oxygen atoms in total. The van der Waals surface area contributed by atoms with E-state index >= 15 is 0 Å². The van der Waals surface area contributed by atoms with Crippen LogP contribution in [0.2, 0.25) is 0 Å². The number of carbonyl (C=O) groups excluding carboxylic acids is 2. The summed E-state index contributed by atoms with van der Waals surface area (Å²) < 4.78 is 6.84. The number of fused-ring (bicyclic) bond motifs is 3. The molecule has 6 rings (SSSR count). The van der Waals surface area contributed by atoms with Gasteiger partial charge in [-0.05, 0) is 23.3 Å². The second-order valence-electron chi connectivity index (χ2n) is 9.01. The zero-order valence-corrected chi connectivity index (χ0v) is 19.8. The van der Waals surface area contributed by atoms with E-state index in [0.29, 0.717) is 34.0 Å². The number of ketones is 1. The Kier molecular flexibility index (Phi) is 5.22. The molecule has 0 amide bonds. The lowest BCUT2D eigenvalue weighted by molar-refractivity contribution is -0.133. The molecule has 0 radical (unpaired) electrons. The molecule has 1 aliphatic heterocycles. The van der Waals surface area contributed by atoms with Crippen molar-refractivity contribution in [3.63, 3.8) is 0 Å². The highest BCUT2D eigenvalue weighted by Gasteiger charge is 2.42. The van der Waals surface area contributed by atoms with Crippen molar-refractivity contribution in [3.05, 3.63) is 133 Å². The van der Waals surface area contributed by atoms with Gasteiger partial charge in [-0.1, -0.05) is 66.7 Å². The van der Waals surface area contributed by atoms with Gasteiger partial charge in [0.15, 0.2) is 5.78 Å². The standard InChI is InChI=1S/C29H21N3O5/c1-32-27-24(28(35)31-29(32)36)22(23-25(30-27)19-9-5-6-10-20(19)26(23)34)17-11-13-18(14-12-17)37-21(33)15-16-7-3-2-4-8-16/h2-14,22,30H,15H2,1H3,(H,31,35,36). The van der Waals surface area contributed by atoms with Crippen LogP contribution >= 0.6 is 0 Å².